The van der Waals surface area contributed by atoms with Crippen molar-refractivity contribution in [3.8, 4) is 5.75 Å². The summed E-state index contributed by atoms with van der Waals surface area (Å²) >= 11 is 0. The molecule has 3 N–H and O–H groups in total. The number of nitrogens with two attached hydrogens (primary N) is 1. The topological polar surface area (TPSA) is 64.3 Å². The van der Waals surface area contributed by atoms with Crippen LogP contribution in [0.2, 0.25) is 0 Å². The molecule has 1 aliphatic rings. The Bertz CT molecular complexity index is 457. The van der Waals surface area contributed by atoms with Crippen LogP contribution in [0.1, 0.15) is 37.0 Å². The van der Waals surface area contributed by atoms with Gasteiger partial charge in [0, 0.05) is 6.54 Å². The molecule has 1 aliphatic carbocycles. The minimum Gasteiger partial charge on any atom is -0.493 e. The van der Waals surface area contributed by atoms with Crippen molar-refractivity contribution in [2.24, 2.45) is 11.7 Å². The van der Waals surface area contributed by atoms with Gasteiger partial charge in [0.25, 0.3) is 5.91 Å². The van der Waals surface area contributed by atoms with E-state index in [1.54, 1.807) is 6.07 Å². The number of benzene rings is 1. The fraction of sp³-hybridized carbons (Fsp3) is 0.533. The molecule has 0 heterocycles. The van der Waals surface area contributed by atoms with E-state index < -0.39 is 0 Å². The second kappa shape index (κ2) is 5.61. The maximum atomic E-state index is 12.4. The molecule has 19 heavy (non-hydrogen) atoms. The van der Waals surface area contributed by atoms with Crippen LogP contribution in [0.15, 0.2) is 24.3 Å². The van der Waals surface area contributed by atoms with E-state index in [0.717, 1.165) is 12.8 Å². The van der Waals surface area contributed by atoms with E-state index in [4.69, 9.17) is 10.5 Å². The van der Waals surface area contributed by atoms with Crippen molar-refractivity contribution in [1.82, 2.24) is 5.32 Å². The second-order valence-electron chi connectivity index (χ2n) is 5.28. The molecule has 1 aromatic rings. The standard InChI is InChI=1S/C15H22N2O2/c1-3-19-13-7-5-4-6-12(13)14(18)17-15(2,10-16)11-8-9-11/h4-7,11H,3,8-10,16H2,1-2H3,(H,17,18). The van der Waals surface area contributed by atoms with E-state index in [-0.39, 0.29) is 11.4 Å². The third kappa shape index (κ3) is 3.07. The average molecular weight is 262 g/mol. The van der Waals surface area contributed by atoms with Gasteiger partial charge in [0.05, 0.1) is 17.7 Å². The van der Waals surface area contributed by atoms with Gasteiger partial charge in [-0.1, -0.05) is 12.1 Å². The first-order valence-corrected chi connectivity index (χ1v) is 6.85. The van der Waals surface area contributed by atoms with Crippen LogP contribution >= 0.6 is 0 Å². The van der Waals surface area contributed by atoms with E-state index in [0.29, 0.717) is 30.4 Å². The molecule has 4 heteroatoms. The molecule has 2 rings (SSSR count). The number of carbonyl (C=O) groups is 1. The first-order valence-electron chi connectivity index (χ1n) is 6.85. The lowest BCUT2D eigenvalue weighted by Gasteiger charge is -2.29. The highest BCUT2D eigenvalue weighted by Crippen LogP contribution is 2.39. The Labute approximate surface area is 114 Å². The molecule has 1 saturated carbocycles. The fourth-order valence-corrected chi connectivity index (χ4v) is 2.30. The lowest BCUT2D eigenvalue weighted by Crippen LogP contribution is -2.53. The van der Waals surface area contributed by atoms with E-state index >= 15 is 0 Å². The van der Waals surface area contributed by atoms with Gasteiger partial charge in [-0.2, -0.15) is 0 Å². The lowest BCUT2D eigenvalue weighted by atomic mass is 9.95. The molecular formula is C15H22N2O2. The molecule has 1 atom stereocenters. The summed E-state index contributed by atoms with van der Waals surface area (Å²) in [6.07, 6.45) is 2.28. The maximum Gasteiger partial charge on any atom is 0.255 e. The van der Waals surface area contributed by atoms with E-state index in [2.05, 4.69) is 5.32 Å². The van der Waals surface area contributed by atoms with Crippen molar-refractivity contribution in [2.45, 2.75) is 32.2 Å². The highest BCUT2D eigenvalue weighted by atomic mass is 16.5. The molecule has 4 nitrogen and oxygen atoms in total. The number of amides is 1. The van der Waals surface area contributed by atoms with Crippen LogP contribution in [0.5, 0.6) is 5.75 Å². The lowest BCUT2D eigenvalue weighted by molar-refractivity contribution is 0.0894. The van der Waals surface area contributed by atoms with Gasteiger partial charge in [-0.05, 0) is 44.7 Å². The van der Waals surface area contributed by atoms with E-state index in [1.165, 1.54) is 0 Å². The van der Waals surface area contributed by atoms with Gasteiger partial charge in [-0.3, -0.25) is 4.79 Å². The predicted molar refractivity (Wildman–Crippen MR) is 75.3 cm³/mol. The van der Waals surface area contributed by atoms with E-state index in [9.17, 15) is 4.79 Å². The average Bonchev–Trinajstić information content (AvgIpc) is 3.24. The predicted octanol–water partition coefficient (Wildman–Crippen LogP) is 1.94. The Hall–Kier alpha value is -1.55. The Morgan fingerprint density at radius 1 is 1.47 bits per heavy atom. The Kier molecular flexibility index (Phi) is 4.10. The van der Waals surface area contributed by atoms with Gasteiger partial charge in [0.15, 0.2) is 0 Å². The number of hydrogen-bond acceptors (Lipinski definition) is 3. The molecule has 1 amide bonds. The number of hydrogen-bond donors (Lipinski definition) is 2. The van der Waals surface area contributed by atoms with Gasteiger partial charge >= 0.3 is 0 Å². The zero-order valence-corrected chi connectivity index (χ0v) is 11.6. The fourth-order valence-electron chi connectivity index (χ4n) is 2.30. The van der Waals surface area contributed by atoms with Crippen molar-refractivity contribution in [2.75, 3.05) is 13.2 Å². The summed E-state index contributed by atoms with van der Waals surface area (Å²) in [5, 5.41) is 3.08. The SMILES string of the molecule is CCOc1ccccc1C(=O)NC(C)(CN)C1CC1. The molecule has 1 aromatic carbocycles. The van der Waals surface area contributed by atoms with Crippen LogP contribution in [0.25, 0.3) is 0 Å². The van der Waals surface area contributed by atoms with Crippen LogP contribution in [0, 0.1) is 5.92 Å². The summed E-state index contributed by atoms with van der Waals surface area (Å²) in [6, 6.07) is 7.30. The quantitative estimate of drug-likeness (QED) is 0.823. The van der Waals surface area contributed by atoms with Gasteiger partial charge in [0.2, 0.25) is 0 Å². The van der Waals surface area contributed by atoms with Gasteiger partial charge in [0.1, 0.15) is 5.75 Å². The van der Waals surface area contributed by atoms with Gasteiger partial charge in [-0.15, -0.1) is 0 Å². The highest BCUT2D eigenvalue weighted by Gasteiger charge is 2.41. The number of carbonyl (C=O) groups excluding carboxylic acids is 1. The van der Waals surface area contributed by atoms with Crippen LogP contribution < -0.4 is 15.8 Å². The molecule has 0 bridgehead atoms. The first-order chi connectivity index (χ1) is 9.10. The molecule has 0 saturated heterocycles. The van der Waals surface area contributed by atoms with E-state index in [1.807, 2.05) is 32.0 Å². The number of ether oxygens (including phenoxy) is 1. The first kappa shape index (κ1) is 13.9. The number of para-hydroxylation sites is 1. The summed E-state index contributed by atoms with van der Waals surface area (Å²) < 4.78 is 5.49. The maximum absolute atomic E-state index is 12.4. The largest absolute Gasteiger partial charge is 0.493 e. The van der Waals surface area contributed by atoms with Crippen molar-refractivity contribution in [1.29, 1.82) is 0 Å². The molecule has 0 aromatic heterocycles. The van der Waals surface area contributed by atoms with Crippen molar-refractivity contribution in [3.63, 3.8) is 0 Å². The summed E-state index contributed by atoms with van der Waals surface area (Å²) in [5.74, 6) is 1.02. The minimum absolute atomic E-state index is 0.107. The molecule has 0 radical (unpaired) electrons. The Morgan fingerprint density at radius 2 is 2.16 bits per heavy atom. The molecule has 0 spiro atoms. The smallest absolute Gasteiger partial charge is 0.255 e. The summed E-state index contributed by atoms with van der Waals surface area (Å²) in [5.41, 5.74) is 6.09. The molecule has 1 fully saturated rings. The third-order valence-electron chi connectivity index (χ3n) is 3.73. The Balaban J connectivity index is 2.15. The number of rotatable bonds is 6. The van der Waals surface area contributed by atoms with Crippen molar-refractivity contribution >= 4 is 5.91 Å². The zero-order chi connectivity index (χ0) is 13.9. The molecule has 0 aliphatic heterocycles. The van der Waals surface area contributed by atoms with Crippen LogP contribution in [-0.4, -0.2) is 24.6 Å². The summed E-state index contributed by atoms with van der Waals surface area (Å²) in [7, 11) is 0. The third-order valence-corrected chi connectivity index (χ3v) is 3.73. The van der Waals surface area contributed by atoms with Gasteiger partial charge in [-0.25, -0.2) is 0 Å². The van der Waals surface area contributed by atoms with Crippen molar-refractivity contribution in [3.05, 3.63) is 29.8 Å². The minimum atomic E-state index is -0.309. The summed E-state index contributed by atoms with van der Waals surface area (Å²) in [4.78, 5) is 12.4. The molecule has 1 unspecified atom stereocenters. The van der Waals surface area contributed by atoms with Crippen LogP contribution in [0.3, 0.4) is 0 Å². The second-order valence-corrected chi connectivity index (χ2v) is 5.28. The van der Waals surface area contributed by atoms with Crippen molar-refractivity contribution < 1.29 is 9.53 Å². The van der Waals surface area contributed by atoms with Gasteiger partial charge < -0.3 is 15.8 Å². The van der Waals surface area contributed by atoms with Crippen LogP contribution in [-0.2, 0) is 0 Å². The normalized spacial score (nSPS) is 17.6. The molecule has 104 valence electrons. The zero-order valence-electron chi connectivity index (χ0n) is 11.6. The molecular weight excluding hydrogens is 240 g/mol. The van der Waals surface area contributed by atoms with Crippen LogP contribution in [0.4, 0.5) is 0 Å². The summed E-state index contributed by atoms with van der Waals surface area (Å²) in [6.45, 7) is 4.93. The highest BCUT2D eigenvalue weighted by molar-refractivity contribution is 5.97. The number of nitrogens with one attached hydrogen (secondary N) is 1. The Morgan fingerprint density at radius 3 is 2.74 bits per heavy atom. The monoisotopic (exact) mass is 262 g/mol.